The fraction of sp³-hybridized carbons (Fsp3) is 0.391. The Labute approximate surface area is 214 Å². The van der Waals surface area contributed by atoms with Crippen LogP contribution in [0.5, 0.6) is 11.5 Å². The number of anilines is 1. The number of amides is 2. The van der Waals surface area contributed by atoms with Gasteiger partial charge in [0.25, 0.3) is 0 Å². The highest BCUT2D eigenvalue weighted by Crippen LogP contribution is 2.36. The smallest absolute Gasteiger partial charge is 0.244 e. The Balaban J connectivity index is 1.94. The summed E-state index contributed by atoms with van der Waals surface area (Å²) in [5.41, 5.74) is 0.788. The lowest BCUT2D eigenvalue weighted by Crippen LogP contribution is -2.52. The number of halogens is 2. The maximum Gasteiger partial charge on any atom is 0.244 e. The largest absolute Gasteiger partial charge is 0.454 e. The van der Waals surface area contributed by atoms with Crippen molar-refractivity contribution in [3.63, 3.8) is 0 Å². The summed E-state index contributed by atoms with van der Waals surface area (Å²) in [6.07, 6.45) is 1.00. The topological polar surface area (TPSA) is 105 Å². The van der Waals surface area contributed by atoms with Gasteiger partial charge in [0.05, 0.1) is 11.9 Å². The van der Waals surface area contributed by atoms with Gasteiger partial charge in [-0.1, -0.05) is 29.3 Å². The molecule has 0 bridgehead atoms. The van der Waals surface area contributed by atoms with E-state index in [1.165, 1.54) is 23.1 Å². The highest BCUT2D eigenvalue weighted by molar-refractivity contribution is 7.92. The van der Waals surface area contributed by atoms with Crippen molar-refractivity contribution >= 4 is 50.7 Å². The zero-order valence-electron chi connectivity index (χ0n) is 19.7. The Kier molecular flexibility index (Phi) is 8.40. The Morgan fingerprint density at radius 2 is 1.74 bits per heavy atom. The van der Waals surface area contributed by atoms with Crippen LogP contribution < -0.4 is 19.1 Å². The molecule has 9 nitrogen and oxygen atoms in total. The maximum absolute atomic E-state index is 13.5. The first kappa shape index (κ1) is 26.9. The molecule has 190 valence electrons. The van der Waals surface area contributed by atoms with Crippen molar-refractivity contribution in [1.29, 1.82) is 0 Å². The minimum Gasteiger partial charge on any atom is -0.454 e. The van der Waals surface area contributed by atoms with Gasteiger partial charge in [0, 0.05) is 28.7 Å². The van der Waals surface area contributed by atoms with Crippen LogP contribution in [0, 0.1) is 0 Å². The minimum absolute atomic E-state index is 0.0225. The van der Waals surface area contributed by atoms with Crippen LogP contribution in [0.3, 0.4) is 0 Å². The quantitative estimate of drug-likeness (QED) is 0.519. The summed E-state index contributed by atoms with van der Waals surface area (Å²) >= 11 is 12.3. The summed E-state index contributed by atoms with van der Waals surface area (Å²) in [6, 6.07) is 8.35. The van der Waals surface area contributed by atoms with Gasteiger partial charge in [-0.3, -0.25) is 13.9 Å². The molecule has 35 heavy (non-hydrogen) atoms. The molecule has 1 aliphatic rings. The summed E-state index contributed by atoms with van der Waals surface area (Å²) in [5.74, 6) is -0.123. The van der Waals surface area contributed by atoms with Gasteiger partial charge in [-0.25, -0.2) is 8.42 Å². The van der Waals surface area contributed by atoms with E-state index in [2.05, 4.69) is 5.32 Å². The van der Waals surface area contributed by atoms with Crippen LogP contribution in [0.1, 0.15) is 26.3 Å². The molecule has 2 amide bonds. The molecule has 3 rings (SSSR count). The number of carbonyl (C=O) groups excluding carboxylic acids is 2. The standard InChI is InChI=1S/C23H27Cl2N3O6S/c1-14(2)26-23(30)15(3)27(11-16-5-6-17(24)9-19(16)25)22(29)12-28(35(4,31)32)18-7-8-20-21(10-18)34-13-33-20/h5-10,14-15H,11-13H2,1-4H3,(H,26,30)/t15-/m0/s1. The predicted molar refractivity (Wildman–Crippen MR) is 135 cm³/mol. The highest BCUT2D eigenvalue weighted by Gasteiger charge is 2.31. The number of nitrogens with one attached hydrogen (secondary N) is 1. The van der Waals surface area contributed by atoms with E-state index in [4.69, 9.17) is 32.7 Å². The number of carbonyl (C=O) groups is 2. The molecule has 1 aliphatic heterocycles. The molecule has 0 fully saturated rings. The molecule has 1 N–H and O–H groups in total. The van der Waals surface area contributed by atoms with E-state index < -0.39 is 28.5 Å². The summed E-state index contributed by atoms with van der Waals surface area (Å²) in [5, 5.41) is 3.53. The van der Waals surface area contributed by atoms with Crippen LogP contribution in [-0.2, 0) is 26.2 Å². The summed E-state index contributed by atoms with van der Waals surface area (Å²) in [6.45, 7) is 4.64. The van der Waals surface area contributed by atoms with E-state index in [9.17, 15) is 18.0 Å². The number of rotatable bonds is 9. The van der Waals surface area contributed by atoms with Gasteiger partial charge in [0.2, 0.25) is 28.6 Å². The second-order valence-corrected chi connectivity index (χ2v) is 11.2. The average Bonchev–Trinajstić information content (AvgIpc) is 3.23. The van der Waals surface area contributed by atoms with Crippen molar-refractivity contribution in [3.05, 3.63) is 52.0 Å². The normalized spacial score (nSPS) is 13.5. The molecule has 2 aromatic carbocycles. The Morgan fingerprint density at radius 1 is 1.06 bits per heavy atom. The second-order valence-electron chi connectivity index (χ2n) is 8.40. The van der Waals surface area contributed by atoms with Crippen molar-refractivity contribution in [2.24, 2.45) is 0 Å². The number of fused-ring (bicyclic) bond motifs is 1. The van der Waals surface area contributed by atoms with Gasteiger partial charge in [-0.15, -0.1) is 0 Å². The third-order valence-corrected chi connectivity index (χ3v) is 7.00. The SMILES string of the molecule is CC(C)NC(=O)[C@H](C)N(Cc1ccc(Cl)cc1Cl)C(=O)CN(c1ccc2c(c1)OCO2)S(C)(=O)=O. The van der Waals surface area contributed by atoms with Crippen LogP contribution in [0.15, 0.2) is 36.4 Å². The van der Waals surface area contributed by atoms with Crippen molar-refractivity contribution in [2.75, 3.05) is 23.9 Å². The minimum atomic E-state index is -3.87. The number of nitrogens with zero attached hydrogens (tertiary/aromatic N) is 2. The van der Waals surface area contributed by atoms with E-state index >= 15 is 0 Å². The van der Waals surface area contributed by atoms with Crippen molar-refractivity contribution in [3.8, 4) is 11.5 Å². The number of hydrogen-bond donors (Lipinski definition) is 1. The number of hydrogen-bond acceptors (Lipinski definition) is 6. The van der Waals surface area contributed by atoms with Gasteiger partial charge in [0.15, 0.2) is 11.5 Å². The van der Waals surface area contributed by atoms with Gasteiger partial charge < -0.3 is 19.7 Å². The molecule has 0 unspecified atom stereocenters. The molecule has 0 aromatic heterocycles. The Morgan fingerprint density at radius 3 is 2.37 bits per heavy atom. The van der Waals surface area contributed by atoms with Gasteiger partial charge in [-0.05, 0) is 50.6 Å². The van der Waals surface area contributed by atoms with E-state index in [0.717, 1.165) is 10.6 Å². The zero-order chi connectivity index (χ0) is 25.9. The predicted octanol–water partition coefficient (Wildman–Crippen LogP) is 3.43. The maximum atomic E-state index is 13.5. The second kappa shape index (κ2) is 10.9. The lowest BCUT2D eigenvalue weighted by atomic mass is 10.1. The summed E-state index contributed by atoms with van der Waals surface area (Å²) in [7, 11) is -3.87. The fourth-order valence-electron chi connectivity index (χ4n) is 3.48. The van der Waals surface area contributed by atoms with Crippen LogP contribution in [-0.4, -0.2) is 56.8 Å². The lowest BCUT2D eigenvalue weighted by molar-refractivity contribution is -0.139. The van der Waals surface area contributed by atoms with Crippen LogP contribution in [0.4, 0.5) is 5.69 Å². The molecule has 0 radical (unpaired) electrons. The average molecular weight is 544 g/mol. The first-order valence-electron chi connectivity index (χ1n) is 10.8. The summed E-state index contributed by atoms with van der Waals surface area (Å²) in [4.78, 5) is 27.6. The van der Waals surface area contributed by atoms with Gasteiger partial charge in [-0.2, -0.15) is 0 Å². The van der Waals surface area contributed by atoms with E-state index in [1.54, 1.807) is 39.0 Å². The van der Waals surface area contributed by atoms with Crippen molar-refractivity contribution in [2.45, 2.75) is 39.4 Å². The van der Waals surface area contributed by atoms with E-state index in [0.29, 0.717) is 27.1 Å². The third-order valence-electron chi connectivity index (χ3n) is 5.28. The highest BCUT2D eigenvalue weighted by atomic mass is 35.5. The monoisotopic (exact) mass is 543 g/mol. The Bertz CT molecular complexity index is 1220. The van der Waals surface area contributed by atoms with E-state index in [-0.39, 0.29) is 31.0 Å². The molecule has 12 heteroatoms. The molecular formula is C23H27Cl2N3O6S. The number of benzene rings is 2. The third kappa shape index (κ3) is 6.71. The number of ether oxygens (including phenoxy) is 2. The zero-order valence-corrected chi connectivity index (χ0v) is 22.1. The molecule has 0 aliphatic carbocycles. The van der Waals surface area contributed by atoms with Crippen LogP contribution >= 0.6 is 23.2 Å². The Hall–Kier alpha value is -2.69. The fourth-order valence-corrected chi connectivity index (χ4v) is 4.78. The van der Waals surface area contributed by atoms with E-state index in [1.807, 2.05) is 0 Å². The molecule has 0 saturated heterocycles. The van der Waals surface area contributed by atoms with Gasteiger partial charge in [0.1, 0.15) is 12.6 Å². The molecule has 0 saturated carbocycles. The molecule has 1 heterocycles. The molecule has 1 atom stereocenters. The van der Waals surface area contributed by atoms with Crippen molar-refractivity contribution in [1.82, 2.24) is 10.2 Å². The first-order chi connectivity index (χ1) is 16.4. The molecule has 2 aromatic rings. The van der Waals surface area contributed by atoms with Crippen molar-refractivity contribution < 1.29 is 27.5 Å². The van der Waals surface area contributed by atoms with Crippen LogP contribution in [0.25, 0.3) is 0 Å². The first-order valence-corrected chi connectivity index (χ1v) is 13.4. The molecule has 0 spiro atoms. The number of sulfonamides is 1. The lowest BCUT2D eigenvalue weighted by Gasteiger charge is -2.32. The summed E-state index contributed by atoms with van der Waals surface area (Å²) < 4.78 is 36.9. The van der Waals surface area contributed by atoms with Gasteiger partial charge >= 0.3 is 0 Å². The van der Waals surface area contributed by atoms with Crippen LogP contribution in [0.2, 0.25) is 10.0 Å². The molecular weight excluding hydrogens is 517 g/mol.